The van der Waals surface area contributed by atoms with E-state index in [4.69, 9.17) is 0 Å². The summed E-state index contributed by atoms with van der Waals surface area (Å²) in [6, 6.07) is 20.6. The van der Waals surface area contributed by atoms with Gasteiger partial charge in [0.25, 0.3) is 0 Å². The van der Waals surface area contributed by atoms with Gasteiger partial charge in [-0.3, -0.25) is 13.9 Å². The summed E-state index contributed by atoms with van der Waals surface area (Å²) in [5.41, 5.74) is 1.31. The van der Waals surface area contributed by atoms with Crippen LogP contribution in [-0.4, -0.2) is 50.0 Å². The second kappa shape index (κ2) is 13.7. The van der Waals surface area contributed by atoms with Crippen LogP contribution in [0.3, 0.4) is 0 Å². The Bertz CT molecular complexity index is 1390. The Morgan fingerprint density at radius 2 is 1.67 bits per heavy atom. The first kappa shape index (κ1) is 30.3. The SMILES string of the molecule is CC[C@@H](C)NC(=O)[C@H](Cc1ccccc1)N(Cc1ccccc1F)C(=O)CN(c1cccc(Br)c1)S(C)(=O)=O. The van der Waals surface area contributed by atoms with Crippen LogP contribution in [0.2, 0.25) is 0 Å². The maximum atomic E-state index is 14.8. The first-order chi connectivity index (χ1) is 18.5. The van der Waals surface area contributed by atoms with Gasteiger partial charge in [0.05, 0.1) is 11.9 Å². The van der Waals surface area contributed by atoms with Crippen molar-refractivity contribution in [3.05, 3.63) is 100 Å². The lowest BCUT2D eigenvalue weighted by atomic mass is 10.0. The van der Waals surface area contributed by atoms with Gasteiger partial charge in [-0.05, 0) is 43.2 Å². The molecule has 3 rings (SSSR count). The molecule has 3 aromatic carbocycles. The molecule has 7 nitrogen and oxygen atoms in total. The summed E-state index contributed by atoms with van der Waals surface area (Å²) in [4.78, 5) is 28.8. The molecule has 3 aromatic rings. The topological polar surface area (TPSA) is 86.8 Å². The van der Waals surface area contributed by atoms with Crippen LogP contribution < -0.4 is 9.62 Å². The summed E-state index contributed by atoms with van der Waals surface area (Å²) < 4.78 is 42.0. The molecular weight excluding hydrogens is 585 g/mol. The van der Waals surface area contributed by atoms with Crippen LogP contribution in [0.4, 0.5) is 10.1 Å². The van der Waals surface area contributed by atoms with E-state index in [1.165, 1.54) is 11.0 Å². The summed E-state index contributed by atoms with van der Waals surface area (Å²) in [6.45, 7) is 3.01. The second-order valence-electron chi connectivity index (χ2n) is 9.39. The zero-order chi connectivity index (χ0) is 28.6. The molecule has 0 radical (unpaired) electrons. The highest BCUT2D eigenvalue weighted by Crippen LogP contribution is 2.24. The van der Waals surface area contributed by atoms with Crippen molar-refractivity contribution < 1.29 is 22.4 Å². The molecule has 0 aliphatic heterocycles. The molecule has 2 amide bonds. The van der Waals surface area contributed by atoms with Gasteiger partial charge in [-0.25, -0.2) is 12.8 Å². The standard InChI is InChI=1S/C29H33BrFN3O4S/c1-4-21(2)32-29(36)27(17-22-11-6-5-7-12-22)33(19-23-13-8-9-16-26(23)31)28(35)20-34(39(3,37)38)25-15-10-14-24(30)18-25/h5-16,18,21,27H,4,17,19-20H2,1-3H3,(H,32,36)/t21-,27+/m1/s1. The van der Waals surface area contributed by atoms with Crippen molar-refractivity contribution in [2.75, 3.05) is 17.1 Å². The van der Waals surface area contributed by atoms with Crippen LogP contribution in [0.1, 0.15) is 31.4 Å². The Hall–Kier alpha value is -3.24. The molecule has 10 heteroatoms. The molecule has 0 aliphatic rings. The minimum atomic E-state index is -3.88. The molecule has 0 saturated heterocycles. The Kier molecular flexibility index (Phi) is 10.7. The third kappa shape index (κ3) is 8.63. The molecule has 0 spiro atoms. The van der Waals surface area contributed by atoms with Crippen molar-refractivity contribution in [1.82, 2.24) is 10.2 Å². The van der Waals surface area contributed by atoms with Crippen molar-refractivity contribution in [1.29, 1.82) is 0 Å². The molecule has 0 aromatic heterocycles. The average Bonchev–Trinajstić information content (AvgIpc) is 2.89. The fraction of sp³-hybridized carbons (Fsp3) is 0.310. The first-order valence-electron chi connectivity index (χ1n) is 12.6. The number of benzene rings is 3. The van der Waals surface area contributed by atoms with E-state index in [0.717, 1.165) is 16.1 Å². The van der Waals surface area contributed by atoms with Crippen molar-refractivity contribution in [2.24, 2.45) is 0 Å². The normalized spacial score (nSPS) is 12.8. The monoisotopic (exact) mass is 617 g/mol. The summed E-state index contributed by atoms with van der Waals surface area (Å²) in [5, 5.41) is 2.94. The maximum absolute atomic E-state index is 14.8. The van der Waals surface area contributed by atoms with Crippen molar-refractivity contribution in [3.63, 3.8) is 0 Å². The molecule has 208 valence electrons. The highest BCUT2D eigenvalue weighted by molar-refractivity contribution is 9.10. The Labute approximate surface area is 238 Å². The first-order valence-corrected chi connectivity index (χ1v) is 15.2. The van der Waals surface area contributed by atoms with Gasteiger partial charge in [-0.2, -0.15) is 0 Å². The van der Waals surface area contributed by atoms with Crippen molar-refractivity contribution in [3.8, 4) is 0 Å². The van der Waals surface area contributed by atoms with E-state index < -0.39 is 40.2 Å². The summed E-state index contributed by atoms with van der Waals surface area (Å²) in [6.07, 6.45) is 1.86. The van der Waals surface area contributed by atoms with Crippen LogP contribution in [-0.2, 0) is 32.6 Å². The number of nitrogens with zero attached hydrogens (tertiary/aromatic N) is 2. The summed E-state index contributed by atoms with van der Waals surface area (Å²) in [7, 11) is -3.88. The van der Waals surface area contributed by atoms with E-state index in [9.17, 15) is 22.4 Å². The van der Waals surface area contributed by atoms with Crippen molar-refractivity contribution in [2.45, 2.75) is 45.3 Å². The highest BCUT2D eigenvalue weighted by atomic mass is 79.9. The molecule has 39 heavy (non-hydrogen) atoms. The fourth-order valence-electron chi connectivity index (χ4n) is 4.05. The predicted octanol–water partition coefficient (Wildman–Crippen LogP) is 4.91. The lowest BCUT2D eigenvalue weighted by molar-refractivity contribution is -0.140. The molecule has 0 bridgehead atoms. The van der Waals surface area contributed by atoms with Crippen LogP contribution in [0.15, 0.2) is 83.3 Å². The van der Waals surface area contributed by atoms with Gasteiger partial charge in [-0.15, -0.1) is 0 Å². The largest absolute Gasteiger partial charge is 0.352 e. The third-order valence-corrected chi connectivity index (χ3v) is 7.98. The number of amides is 2. The number of hydrogen-bond donors (Lipinski definition) is 1. The maximum Gasteiger partial charge on any atom is 0.244 e. The van der Waals surface area contributed by atoms with Gasteiger partial charge < -0.3 is 10.2 Å². The van der Waals surface area contributed by atoms with Gasteiger partial charge in [0.15, 0.2) is 0 Å². The summed E-state index contributed by atoms with van der Waals surface area (Å²) in [5.74, 6) is -1.56. The smallest absolute Gasteiger partial charge is 0.244 e. The fourth-order valence-corrected chi connectivity index (χ4v) is 5.28. The van der Waals surface area contributed by atoms with Crippen LogP contribution in [0.25, 0.3) is 0 Å². The van der Waals surface area contributed by atoms with E-state index >= 15 is 0 Å². The number of anilines is 1. The molecule has 2 atom stereocenters. The number of carbonyl (C=O) groups excluding carboxylic acids is 2. The van der Waals surface area contributed by atoms with Crippen LogP contribution in [0, 0.1) is 5.82 Å². The number of hydrogen-bond acceptors (Lipinski definition) is 4. The molecular formula is C29H33BrFN3O4S. The van der Waals surface area contributed by atoms with Gasteiger partial charge in [0, 0.05) is 29.0 Å². The van der Waals surface area contributed by atoms with E-state index in [-0.39, 0.29) is 30.3 Å². The minimum absolute atomic E-state index is 0.157. The molecule has 0 unspecified atom stereocenters. The van der Waals surface area contributed by atoms with Crippen LogP contribution >= 0.6 is 15.9 Å². The number of carbonyl (C=O) groups is 2. The summed E-state index contributed by atoms with van der Waals surface area (Å²) >= 11 is 3.34. The van der Waals surface area contributed by atoms with Crippen molar-refractivity contribution >= 4 is 43.5 Å². The number of rotatable bonds is 12. The minimum Gasteiger partial charge on any atom is -0.352 e. The predicted molar refractivity (Wildman–Crippen MR) is 155 cm³/mol. The zero-order valence-corrected chi connectivity index (χ0v) is 24.6. The van der Waals surface area contributed by atoms with E-state index in [1.807, 2.05) is 44.2 Å². The number of halogens is 2. The third-order valence-electron chi connectivity index (χ3n) is 6.35. The molecule has 0 saturated carbocycles. The molecule has 0 heterocycles. The Morgan fingerprint density at radius 3 is 2.28 bits per heavy atom. The van der Waals surface area contributed by atoms with Gasteiger partial charge in [-0.1, -0.05) is 77.5 Å². The highest BCUT2D eigenvalue weighted by Gasteiger charge is 2.33. The van der Waals surface area contributed by atoms with Gasteiger partial charge >= 0.3 is 0 Å². The molecule has 0 fully saturated rings. The van der Waals surface area contributed by atoms with E-state index in [2.05, 4.69) is 21.2 Å². The quantitative estimate of drug-likeness (QED) is 0.313. The lowest BCUT2D eigenvalue weighted by Crippen LogP contribution is -2.54. The molecule has 1 N–H and O–H groups in total. The average molecular weight is 619 g/mol. The Balaban J connectivity index is 2.07. The Morgan fingerprint density at radius 1 is 1.00 bits per heavy atom. The lowest BCUT2D eigenvalue weighted by Gasteiger charge is -2.34. The zero-order valence-electron chi connectivity index (χ0n) is 22.2. The van der Waals surface area contributed by atoms with Gasteiger partial charge in [0.2, 0.25) is 21.8 Å². The van der Waals surface area contributed by atoms with E-state index in [1.54, 1.807) is 42.5 Å². The number of sulfonamides is 1. The molecule has 0 aliphatic carbocycles. The number of nitrogens with one attached hydrogen (secondary N) is 1. The van der Waals surface area contributed by atoms with Crippen LogP contribution in [0.5, 0.6) is 0 Å². The van der Waals surface area contributed by atoms with Gasteiger partial charge in [0.1, 0.15) is 18.4 Å². The van der Waals surface area contributed by atoms with E-state index in [0.29, 0.717) is 10.9 Å². The second-order valence-corrected chi connectivity index (χ2v) is 12.2.